The van der Waals surface area contributed by atoms with E-state index in [1.807, 2.05) is 0 Å². The van der Waals surface area contributed by atoms with Crippen LogP contribution in [0.5, 0.6) is 0 Å². The van der Waals surface area contributed by atoms with Crippen LogP contribution < -0.4 is 0 Å². The van der Waals surface area contributed by atoms with E-state index in [-0.39, 0.29) is 36.8 Å². The molecule has 136 valence electrons. The van der Waals surface area contributed by atoms with E-state index in [0.29, 0.717) is 6.61 Å². The zero-order valence-corrected chi connectivity index (χ0v) is 15.2. The quantitative estimate of drug-likeness (QED) is 0.544. The van der Waals surface area contributed by atoms with Crippen LogP contribution in [0.25, 0.3) is 0 Å². The molecule has 0 bridgehead atoms. The van der Waals surface area contributed by atoms with Crippen molar-refractivity contribution in [1.29, 1.82) is 0 Å². The van der Waals surface area contributed by atoms with Gasteiger partial charge < -0.3 is 23.7 Å². The Morgan fingerprint density at radius 2 is 1.74 bits per heavy atom. The first kappa shape index (κ1) is 19.1. The van der Waals surface area contributed by atoms with Crippen molar-refractivity contribution in [2.75, 3.05) is 20.8 Å². The first-order valence-corrected chi connectivity index (χ1v) is 9.19. The Morgan fingerprint density at radius 1 is 1.00 bits per heavy atom. The molecule has 2 fully saturated rings. The van der Waals surface area contributed by atoms with Gasteiger partial charge in [-0.1, -0.05) is 45.4 Å². The molecule has 1 unspecified atom stereocenters. The standard InChI is InChI=1S/C18H34O5/c1-5-6-7-8-9-10-11-13(2)22-14-12-21-16-15(14)23-18(20-4)17(16)19-3/h13-18H,5-12H2,1-4H3/t13?,14-,15-,16+,17-,18+/m0/s1. The first-order chi connectivity index (χ1) is 11.2. The maximum Gasteiger partial charge on any atom is 0.186 e. The molecule has 0 aromatic heterocycles. The van der Waals surface area contributed by atoms with Crippen LogP contribution in [-0.2, 0) is 23.7 Å². The Morgan fingerprint density at radius 3 is 2.43 bits per heavy atom. The summed E-state index contributed by atoms with van der Waals surface area (Å²) in [5.41, 5.74) is 0. The maximum atomic E-state index is 6.18. The minimum absolute atomic E-state index is 0.0205. The summed E-state index contributed by atoms with van der Waals surface area (Å²) < 4.78 is 28.7. The smallest absolute Gasteiger partial charge is 0.186 e. The molecule has 2 rings (SSSR count). The number of methoxy groups -OCH3 is 2. The zero-order valence-electron chi connectivity index (χ0n) is 15.2. The lowest BCUT2D eigenvalue weighted by molar-refractivity contribution is -0.182. The second-order valence-corrected chi connectivity index (χ2v) is 6.74. The fourth-order valence-corrected chi connectivity index (χ4v) is 3.57. The predicted octanol–water partition coefficient (Wildman–Crippen LogP) is 3.30. The summed E-state index contributed by atoms with van der Waals surface area (Å²) in [6.45, 7) is 4.97. The van der Waals surface area contributed by atoms with E-state index < -0.39 is 0 Å². The average molecular weight is 330 g/mol. The van der Waals surface area contributed by atoms with Gasteiger partial charge in [0.25, 0.3) is 0 Å². The van der Waals surface area contributed by atoms with Crippen molar-refractivity contribution in [2.24, 2.45) is 0 Å². The molecule has 23 heavy (non-hydrogen) atoms. The van der Waals surface area contributed by atoms with Crippen LogP contribution in [-0.4, -0.2) is 57.6 Å². The maximum absolute atomic E-state index is 6.18. The molecule has 0 amide bonds. The molecule has 6 atom stereocenters. The number of rotatable bonds is 11. The highest BCUT2D eigenvalue weighted by atomic mass is 16.7. The number of ether oxygens (including phenoxy) is 5. The molecule has 5 heteroatoms. The van der Waals surface area contributed by atoms with E-state index in [9.17, 15) is 0 Å². The Kier molecular flexibility index (Phi) is 8.27. The van der Waals surface area contributed by atoms with E-state index in [1.54, 1.807) is 14.2 Å². The number of hydrogen-bond acceptors (Lipinski definition) is 5. The topological polar surface area (TPSA) is 46.2 Å². The Balaban J connectivity index is 1.67. The van der Waals surface area contributed by atoms with E-state index in [1.165, 1.54) is 38.5 Å². The van der Waals surface area contributed by atoms with E-state index in [0.717, 1.165) is 6.42 Å². The van der Waals surface area contributed by atoms with Crippen LogP contribution in [0.4, 0.5) is 0 Å². The highest BCUT2D eigenvalue weighted by Gasteiger charge is 2.54. The van der Waals surface area contributed by atoms with Crippen LogP contribution in [0.2, 0.25) is 0 Å². The van der Waals surface area contributed by atoms with Crippen LogP contribution >= 0.6 is 0 Å². The van der Waals surface area contributed by atoms with Gasteiger partial charge >= 0.3 is 0 Å². The van der Waals surface area contributed by atoms with Gasteiger partial charge in [-0.15, -0.1) is 0 Å². The van der Waals surface area contributed by atoms with Gasteiger partial charge in [-0.3, -0.25) is 0 Å². The van der Waals surface area contributed by atoms with Gasteiger partial charge in [0, 0.05) is 14.2 Å². The summed E-state index contributed by atoms with van der Waals surface area (Å²) in [6, 6.07) is 0. The van der Waals surface area contributed by atoms with Gasteiger partial charge in [0.15, 0.2) is 6.29 Å². The van der Waals surface area contributed by atoms with Crippen LogP contribution in [0.1, 0.15) is 58.8 Å². The number of fused-ring (bicyclic) bond motifs is 1. The largest absolute Gasteiger partial charge is 0.373 e. The molecule has 5 nitrogen and oxygen atoms in total. The predicted molar refractivity (Wildman–Crippen MR) is 88.5 cm³/mol. The average Bonchev–Trinajstić information content (AvgIpc) is 3.09. The third kappa shape index (κ3) is 5.13. The van der Waals surface area contributed by atoms with E-state index >= 15 is 0 Å². The molecule has 0 N–H and O–H groups in total. The number of hydrogen-bond donors (Lipinski definition) is 0. The van der Waals surface area contributed by atoms with Gasteiger partial charge in [-0.25, -0.2) is 0 Å². The molecular weight excluding hydrogens is 296 g/mol. The summed E-state index contributed by atoms with van der Waals surface area (Å²) in [5.74, 6) is 0. The van der Waals surface area contributed by atoms with Crippen molar-refractivity contribution in [3.63, 3.8) is 0 Å². The molecule has 0 radical (unpaired) electrons. The summed E-state index contributed by atoms with van der Waals surface area (Å²) >= 11 is 0. The highest BCUT2D eigenvalue weighted by molar-refractivity contribution is 4.98. The fourth-order valence-electron chi connectivity index (χ4n) is 3.57. The molecule has 2 heterocycles. The summed E-state index contributed by atoms with van der Waals surface area (Å²) in [5, 5.41) is 0. The van der Waals surface area contributed by atoms with Gasteiger partial charge in [0.2, 0.25) is 0 Å². The Hall–Kier alpha value is -0.200. The monoisotopic (exact) mass is 330 g/mol. The third-order valence-electron chi connectivity index (χ3n) is 4.90. The van der Waals surface area contributed by atoms with E-state index in [2.05, 4.69) is 13.8 Å². The van der Waals surface area contributed by atoms with Crippen molar-refractivity contribution in [3.05, 3.63) is 0 Å². The highest BCUT2D eigenvalue weighted by Crippen LogP contribution is 2.35. The second-order valence-electron chi connectivity index (χ2n) is 6.74. The summed E-state index contributed by atoms with van der Waals surface area (Å²) in [6.07, 6.45) is 8.48. The van der Waals surface area contributed by atoms with Gasteiger partial charge in [-0.2, -0.15) is 0 Å². The molecule has 0 aliphatic carbocycles. The Labute approximate surface area is 140 Å². The van der Waals surface area contributed by atoms with Crippen molar-refractivity contribution in [3.8, 4) is 0 Å². The summed E-state index contributed by atoms with van der Waals surface area (Å²) in [7, 11) is 3.30. The Bertz CT molecular complexity index is 325. The lowest BCUT2D eigenvalue weighted by Gasteiger charge is -2.22. The fraction of sp³-hybridized carbons (Fsp3) is 1.00. The van der Waals surface area contributed by atoms with Gasteiger partial charge in [0.05, 0.1) is 12.7 Å². The van der Waals surface area contributed by atoms with Gasteiger partial charge in [0.1, 0.15) is 24.4 Å². The SMILES string of the molecule is CCCCCCCCC(C)O[C@H]1CO[C@H]2[C@H](OC)[C@H](OC)O[C@H]21. The molecule has 0 aromatic carbocycles. The van der Waals surface area contributed by atoms with E-state index in [4.69, 9.17) is 23.7 Å². The van der Waals surface area contributed by atoms with Gasteiger partial charge in [-0.05, 0) is 13.3 Å². The van der Waals surface area contributed by atoms with Crippen LogP contribution in [0, 0.1) is 0 Å². The second kappa shape index (κ2) is 9.94. The minimum atomic E-state index is -0.365. The lowest BCUT2D eigenvalue weighted by Crippen LogP contribution is -2.35. The van der Waals surface area contributed by atoms with Crippen molar-refractivity contribution in [2.45, 2.75) is 95.6 Å². The molecular formula is C18H34O5. The molecule has 0 aromatic rings. The van der Waals surface area contributed by atoms with Crippen LogP contribution in [0.15, 0.2) is 0 Å². The molecule has 2 saturated heterocycles. The molecule has 0 saturated carbocycles. The number of unbranched alkanes of at least 4 members (excludes halogenated alkanes) is 5. The van der Waals surface area contributed by atoms with Crippen molar-refractivity contribution in [1.82, 2.24) is 0 Å². The molecule has 2 aliphatic heterocycles. The zero-order chi connectivity index (χ0) is 16.7. The minimum Gasteiger partial charge on any atom is -0.373 e. The lowest BCUT2D eigenvalue weighted by atomic mass is 10.1. The van der Waals surface area contributed by atoms with Crippen molar-refractivity contribution < 1.29 is 23.7 Å². The molecule has 2 aliphatic rings. The van der Waals surface area contributed by atoms with Crippen molar-refractivity contribution >= 4 is 0 Å². The first-order valence-electron chi connectivity index (χ1n) is 9.19. The molecule has 0 spiro atoms. The third-order valence-corrected chi connectivity index (χ3v) is 4.90. The normalized spacial score (nSPS) is 34.7. The summed E-state index contributed by atoms with van der Waals surface area (Å²) in [4.78, 5) is 0. The van der Waals surface area contributed by atoms with Crippen LogP contribution in [0.3, 0.4) is 0 Å².